The summed E-state index contributed by atoms with van der Waals surface area (Å²) in [5.41, 5.74) is 9.38. The smallest absolute Gasteiger partial charge is 0.162 e. The Morgan fingerprint density at radius 1 is 1.21 bits per heavy atom. The Balaban J connectivity index is 1.71. The third-order valence-corrected chi connectivity index (χ3v) is 7.58. The van der Waals surface area contributed by atoms with Gasteiger partial charge in [-0.2, -0.15) is 0 Å². The molecular formula is C25H37ClN6S. The van der Waals surface area contributed by atoms with E-state index in [2.05, 4.69) is 38.0 Å². The molecule has 1 aromatic carbocycles. The lowest BCUT2D eigenvalue weighted by Gasteiger charge is -2.49. The van der Waals surface area contributed by atoms with Crippen molar-refractivity contribution in [1.29, 1.82) is 10.8 Å². The third-order valence-electron chi connectivity index (χ3n) is 6.36. The molecule has 6 nitrogen and oxygen atoms in total. The van der Waals surface area contributed by atoms with Gasteiger partial charge in [0.2, 0.25) is 0 Å². The van der Waals surface area contributed by atoms with E-state index < -0.39 is 0 Å². The molecule has 2 heterocycles. The van der Waals surface area contributed by atoms with Crippen LogP contribution < -0.4 is 11.1 Å². The number of benzene rings is 1. The number of hydrogen-bond acceptors (Lipinski definition) is 6. The van der Waals surface area contributed by atoms with E-state index in [1.165, 1.54) is 0 Å². The largest absolute Gasteiger partial charge is 0.404 e. The number of nitrogens with zero attached hydrogens (tertiary/aromatic N) is 2. The fourth-order valence-corrected chi connectivity index (χ4v) is 6.18. The molecule has 8 heteroatoms. The van der Waals surface area contributed by atoms with Gasteiger partial charge in [-0.05, 0) is 83.2 Å². The van der Waals surface area contributed by atoms with Gasteiger partial charge in [-0.1, -0.05) is 23.7 Å². The molecule has 0 bridgehead atoms. The van der Waals surface area contributed by atoms with Crippen molar-refractivity contribution in [3.8, 4) is 0 Å². The van der Waals surface area contributed by atoms with Crippen molar-refractivity contribution in [3.05, 3.63) is 40.5 Å². The van der Waals surface area contributed by atoms with Crippen LogP contribution in [0.4, 0.5) is 0 Å². The minimum Gasteiger partial charge on any atom is -0.404 e. The molecule has 0 radical (unpaired) electrons. The molecule has 5 N–H and O–H groups in total. The Hall–Kier alpha value is -1.83. The van der Waals surface area contributed by atoms with Gasteiger partial charge in [0.25, 0.3) is 0 Å². The highest BCUT2D eigenvalue weighted by Crippen LogP contribution is 2.33. The van der Waals surface area contributed by atoms with E-state index in [0.29, 0.717) is 15.8 Å². The maximum atomic E-state index is 8.66. The number of aliphatic imine (C=N–C) groups is 1. The maximum Gasteiger partial charge on any atom is 0.162 e. The standard InChI is InChI=1S/C25H37ClN6S/c1-24(2)13-17(14-25(3,4)31-24)32(5)23(29)33-22(28)18-10-9-16(12-20(18)26)19(15-27)21-8-6-7-11-30-21/h9-10,12,15,17,28-29,31H,6-8,11,13-14,27H2,1-5H3. The van der Waals surface area contributed by atoms with Crippen LogP contribution in [0.1, 0.15) is 70.9 Å². The number of allylic oxidation sites excluding steroid dienone is 1. The second-order valence-electron chi connectivity index (χ2n) is 10.4. The highest BCUT2D eigenvalue weighted by atomic mass is 35.5. The fraction of sp³-hybridized carbons (Fsp3) is 0.560. The Morgan fingerprint density at radius 3 is 2.42 bits per heavy atom. The van der Waals surface area contributed by atoms with Crippen LogP contribution in [-0.2, 0) is 0 Å². The number of amidine groups is 1. The van der Waals surface area contributed by atoms with E-state index in [9.17, 15) is 0 Å². The number of hydrogen-bond donors (Lipinski definition) is 4. The molecule has 0 amide bonds. The Labute approximate surface area is 207 Å². The number of piperidine rings is 1. The lowest BCUT2D eigenvalue weighted by molar-refractivity contribution is 0.114. The molecule has 0 aliphatic carbocycles. The molecule has 0 unspecified atom stereocenters. The second-order valence-corrected chi connectivity index (χ2v) is 11.8. The van der Waals surface area contributed by atoms with Crippen molar-refractivity contribution in [1.82, 2.24) is 10.2 Å². The van der Waals surface area contributed by atoms with Crippen LogP contribution in [0, 0.1) is 10.8 Å². The molecule has 33 heavy (non-hydrogen) atoms. The van der Waals surface area contributed by atoms with Crippen molar-refractivity contribution >= 4 is 44.9 Å². The van der Waals surface area contributed by atoms with Crippen LogP contribution in [0.25, 0.3) is 5.57 Å². The van der Waals surface area contributed by atoms with Gasteiger partial charge in [0, 0.05) is 53.8 Å². The summed E-state index contributed by atoms with van der Waals surface area (Å²) in [5, 5.41) is 22.1. The van der Waals surface area contributed by atoms with Gasteiger partial charge >= 0.3 is 0 Å². The van der Waals surface area contributed by atoms with Gasteiger partial charge < -0.3 is 16.0 Å². The monoisotopic (exact) mass is 488 g/mol. The summed E-state index contributed by atoms with van der Waals surface area (Å²) in [4.78, 5) is 6.63. The van der Waals surface area contributed by atoms with Crippen molar-refractivity contribution in [2.24, 2.45) is 10.7 Å². The summed E-state index contributed by atoms with van der Waals surface area (Å²) in [6.45, 7) is 9.66. The highest BCUT2D eigenvalue weighted by molar-refractivity contribution is 8.26. The number of thioether (sulfide) groups is 1. The normalized spacial score (nSPS) is 20.8. The summed E-state index contributed by atoms with van der Waals surface area (Å²) in [5.74, 6) is 0. The first kappa shape index (κ1) is 25.8. The van der Waals surface area contributed by atoms with Crippen molar-refractivity contribution in [3.63, 3.8) is 0 Å². The molecule has 0 spiro atoms. The van der Waals surface area contributed by atoms with Gasteiger partial charge in [-0.3, -0.25) is 15.8 Å². The quantitative estimate of drug-likeness (QED) is 0.332. The molecule has 2 aliphatic rings. The average molecular weight is 489 g/mol. The van der Waals surface area contributed by atoms with E-state index in [4.69, 9.17) is 28.2 Å². The Kier molecular flexibility index (Phi) is 7.97. The zero-order chi connectivity index (χ0) is 24.4. The highest BCUT2D eigenvalue weighted by Gasteiger charge is 2.39. The first-order chi connectivity index (χ1) is 15.4. The van der Waals surface area contributed by atoms with Crippen molar-refractivity contribution < 1.29 is 0 Å². The van der Waals surface area contributed by atoms with Crippen molar-refractivity contribution in [2.75, 3.05) is 13.6 Å². The number of rotatable bonds is 4. The van der Waals surface area contributed by atoms with Gasteiger partial charge in [-0.25, -0.2) is 0 Å². The second kappa shape index (κ2) is 10.2. The van der Waals surface area contributed by atoms with E-state index in [1.807, 2.05) is 30.1 Å². The molecule has 1 fully saturated rings. The topological polar surface area (TPSA) is 101 Å². The van der Waals surface area contributed by atoms with Crippen LogP contribution in [0.3, 0.4) is 0 Å². The Bertz CT molecular complexity index is 965. The number of halogens is 1. The van der Waals surface area contributed by atoms with E-state index in [1.54, 1.807) is 6.20 Å². The van der Waals surface area contributed by atoms with Crippen LogP contribution in [0.2, 0.25) is 5.02 Å². The number of nitrogens with one attached hydrogen (secondary N) is 3. The molecule has 0 saturated carbocycles. The van der Waals surface area contributed by atoms with Gasteiger partial charge in [0.15, 0.2) is 5.17 Å². The average Bonchev–Trinajstić information content (AvgIpc) is 2.72. The summed E-state index contributed by atoms with van der Waals surface area (Å²) in [6, 6.07) is 5.88. The summed E-state index contributed by atoms with van der Waals surface area (Å²) in [7, 11) is 1.96. The Morgan fingerprint density at radius 2 is 1.88 bits per heavy atom. The lowest BCUT2D eigenvalue weighted by Crippen LogP contribution is -2.62. The van der Waals surface area contributed by atoms with Crippen LogP contribution in [-0.4, -0.2) is 51.5 Å². The molecule has 3 rings (SSSR count). The minimum absolute atomic E-state index is 0.00484. The molecule has 0 aromatic heterocycles. The summed E-state index contributed by atoms with van der Waals surface area (Å²) in [6.07, 6.45) is 6.63. The molecule has 0 atom stereocenters. The van der Waals surface area contributed by atoms with Gasteiger partial charge in [0.1, 0.15) is 5.04 Å². The van der Waals surface area contributed by atoms with E-state index in [0.717, 1.165) is 67.3 Å². The van der Waals surface area contributed by atoms with Gasteiger partial charge in [0.05, 0.1) is 5.02 Å². The molecule has 180 valence electrons. The minimum atomic E-state index is -0.00484. The van der Waals surface area contributed by atoms with Gasteiger partial charge in [-0.15, -0.1) is 0 Å². The SMILES string of the molecule is CN(C(=N)SC(=N)c1ccc(C(=CN)C2=NCCCC2)cc1Cl)C1CC(C)(C)NC(C)(C)C1. The first-order valence-corrected chi connectivity index (χ1v) is 12.7. The van der Waals surface area contributed by atoms with E-state index in [-0.39, 0.29) is 22.2 Å². The molecular weight excluding hydrogens is 452 g/mol. The summed E-state index contributed by atoms with van der Waals surface area (Å²) >= 11 is 7.74. The van der Waals surface area contributed by atoms with Crippen molar-refractivity contribution in [2.45, 2.75) is 76.9 Å². The zero-order valence-electron chi connectivity index (χ0n) is 20.4. The lowest BCUT2D eigenvalue weighted by atomic mass is 9.79. The third kappa shape index (κ3) is 6.40. The predicted octanol–water partition coefficient (Wildman–Crippen LogP) is 5.50. The first-order valence-electron chi connectivity index (χ1n) is 11.6. The number of nitrogens with two attached hydrogens (primary N) is 1. The molecule has 1 saturated heterocycles. The van der Waals surface area contributed by atoms with Crippen LogP contribution >= 0.6 is 23.4 Å². The maximum absolute atomic E-state index is 8.66. The summed E-state index contributed by atoms with van der Waals surface area (Å²) < 4.78 is 0. The molecule has 1 aromatic rings. The predicted molar refractivity (Wildman–Crippen MR) is 144 cm³/mol. The fourth-order valence-electron chi connectivity index (χ4n) is 5.07. The van der Waals surface area contributed by atoms with Crippen LogP contribution in [0.5, 0.6) is 0 Å². The zero-order valence-corrected chi connectivity index (χ0v) is 22.0. The van der Waals surface area contributed by atoms with E-state index >= 15 is 0 Å². The van der Waals surface area contributed by atoms with Crippen LogP contribution in [0.15, 0.2) is 29.4 Å². The molecule has 2 aliphatic heterocycles.